The first-order chi connectivity index (χ1) is 15.1. The average Bonchev–Trinajstić information content (AvgIpc) is 3.30. The first-order valence-corrected chi connectivity index (χ1v) is 12.1. The molecule has 1 N–H and O–H groups in total. The number of anilines is 1. The van der Waals surface area contributed by atoms with Gasteiger partial charge in [0.15, 0.2) is 0 Å². The summed E-state index contributed by atoms with van der Waals surface area (Å²) in [6.07, 6.45) is 0. The van der Waals surface area contributed by atoms with Gasteiger partial charge >= 0.3 is 0 Å². The summed E-state index contributed by atoms with van der Waals surface area (Å²) in [5.41, 5.74) is 3.40. The highest BCUT2D eigenvalue weighted by atomic mass is 32.2. The molecule has 6 heteroatoms. The molecule has 0 fully saturated rings. The van der Waals surface area contributed by atoms with Gasteiger partial charge < -0.3 is 0 Å². The molecule has 0 amide bonds. The van der Waals surface area contributed by atoms with Crippen molar-refractivity contribution in [2.75, 3.05) is 4.72 Å². The number of thiazole rings is 1. The van der Waals surface area contributed by atoms with Crippen molar-refractivity contribution in [3.8, 4) is 21.8 Å². The van der Waals surface area contributed by atoms with Crippen molar-refractivity contribution in [1.82, 2.24) is 4.98 Å². The lowest BCUT2D eigenvalue weighted by Gasteiger charge is -2.09. The molecule has 4 aromatic carbocycles. The number of sulfonamides is 1. The maximum absolute atomic E-state index is 12.8. The number of hydrogen-bond acceptors (Lipinski definition) is 4. The Morgan fingerprint density at radius 2 is 1.42 bits per heavy atom. The van der Waals surface area contributed by atoms with Crippen LogP contribution in [0.1, 0.15) is 0 Å². The summed E-state index contributed by atoms with van der Waals surface area (Å²) in [6.45, 7) is 0. The lowest BCUT2D eigenvalue weighted by atomic mass is 10.1. The zero-order valence-electron chi connectivity index (χ0n) is 16.4. The minimum Gasteiger partial charge on any atom is -0.280 e. The Hall–Kier alpha value is -3.48. The van der Waals surface area contributed by atoms with E-state index in [1.165, 1.54) is 0 Å². The molecule has 152 valence electrons. The van der Waals surface area contributed by atoms with Crippen molar-refractivity contribution < 1.29 is 8.42 Å². The third-order valence-electron chi connectivity index (χ3n) is 4.99. The van der Waals surface area contributed by atoms with E-state index >= 15 is 0 Å². The molecule has 4 nitrogen and oxygen atoms in total. The summed E-state index contributed by atoms with van der Waals surface area (Å²) in [7, 11) is -3.68. The van der Waals surface area contributed by atoms with E-state index in [1.807, 2.05) is 78.2 Å². The average molecular weight is 443 g/mol. The molecular formula is C25H18N2O2S2. The van der Waals surface area contributed by atoms with Crippen molar-refractivity contribution in [1.29, 1.82) is 0 Å². The smallest absolute Gasteiger partial charge is 0.261 e. The number of aromatic nitrogens is 1. The largest absolute Gasteiger partial charge is 0.280 e. The van der Waals surface area contributed by atoms with E-state index < -0.39 is 10.0 Å². The third kappa shape index (κ3) is 4.08. The van der Waals surface area contributed by atoms with E-state index in [0.717, 1.165) is 32.6 Å². The summed E-state index contributed by atoms with van der Waals surface area (Å²) in [4.78, 5) is 4.95. The van der Waals surface area contributed by atoms with Gasteiger partial charge in [0, 0.05) is 22.2 Å². The normalized spacial score (nSPS) is 11.5. The van der Waals surface area contributed by atoms with Gasteiger partial charge in [0.1, 0.15) is 5.01 Å². The third-order valence-corrected chi connectivity index (χ3v) is 7.26. The summed E-state index contributed by atoms with van der Waals surface area (Å²) >= 11 is 1.59. The van der Waals surface area contributed by atoms with Crippen molar-refractivity contribution >= 4 is 37.8 Å². The molecule has 0 unspecified atom stereocenters. The van der Waals surface area contributed by atoms with Crippen LogP contribution in [-0.2, 0) is 10.0 Å². The lowest BCUT2D eigenvalue weighted by molar-refractivity contribution is 0.601. The zero-order chi connectivity index (χ0) is 21.3. The van der Waals surface area contributed by atoms with Crippen molar-refractivity contribution in [2.45, 2.75) is 4.90 Å². The van der Waals surface area contributed by atoms with Crippen LogP contribution in [-0.4, -0.2) is 13.4 Å². The molecule has 1 heterocycles. The fourth-order valence-electron chi connectivity index (χ4n) is 3.38. The molecule has 1 aromatic heterocycles. The predicted octanol–water partition coefficient (Wildman–Crippen LogP) is 6.43. The van der Waals surface area contributed by atoms with Gasteiger partial charge in [0.05, 0.1) is 10.6 Å². The van der Waals surface area contributed by atoms with E-state index in [4.69, 9.17) is 4.98 Å². The Morgan fingerprint density at radius 3 is 2.19 bits per heavy atom. The molecule has 5 rings (SSSR count). The topological polar surface area (TPSA) is 59.1 Å². The maximum atomic E-state index is 12.8. The SMILES string of the molecule is O=S(=O)(Nc1ccc(-c2csc(-c3ccccc3)n2)cc1)c1ccc2ccccc2c1. The fraction of sp³-hybridized carbons (Fsp3) is 0. The van der Waals surface area contributed by atoms with Gasteiger partial charge in [0.2, 0.25) is 0 Å². The molecule has 0 saturated carbocycles. The Labute approximate surface area is 184 Å². The monoisotopic (exact) mass is 442 g/mol. The predicted molar refractivity (Wildman–Crippen MR) is 128 cm³/mol. The van der Waals surface area contributed by atoms with E-state index in [-0.39, 0.29) is 4.90 Å². The standard InChI is InChI=1S/C25H18N2O2S2/c28-31(29,23-15-12-18-6-4-5-9-21(18)16-23)27-22-13-10-19(11-14-22)24-17-30-25(26-24)20-7-2-1-3-8-20/h1-17,27H. The Kier molecular flexibility index (Phi) is 5.02. The second kappa shape index (κ2) is 7.98. The molecule has 31 heavy (non-hydrogen) atoms. The maximum Gasteiger partial charge on any atom is 0.261 e. The molecule has 0 aliphatic carbocycles. The highest BCUT2D eigenvalue weighted by Gasteiger charge is 2.15. The minimum atomic E-state index is -3.68. The van der Waals surface area contributed by atoms with E-state index in [1.54, 1.807) is 35.6 Å². The highest BCUT2D eigenvalue weighted by Crippen LogP contribution is 2.30. The van der Waals surface area contributed by atoms with E-state index in [0.29, 0.717) is 5.69 Å². The number of rotatable bonds is 5. The van der Waals surface area contributed by atoms with Crippen LogP contribution < -0.4 is 4.72 Å². The molecule has 0 spiro atoms. The molecule has 5 aromatic rings. The lowest BCUT2D eigenvalue weighted by Crippen LogP contribution is -2.12. The van der Waals surface area contributed by atoms with Crippen LogP contribution in [0.5, 0.6) is 0 Å². The molecule has 0 saturated heterocycles. The summed E-state index contributed by atoms with van der Waals surface area (Å²) < 4.78 is 28.3. The summed E-state index contributed by atoms with van der Waals surface area (Å²) in [6, 6.07) is 30.1. The van der Waals surface area contributed by atoms with Gasteiger partial charge in [-0.3, -0.25) is 4.72 Å². The first-order valence-electron chi connectivity index (χ1n) is 9.71. The minimum absolute atomic E-state index is 0.238. The van der Waals surface area contributed by atoms with Crippen LogP contribution in [0.3, 0.4) is 0 Å². The number of benzene rings is 4. The highest BCUT2D eigenvalue weighted by molar-refractivity contribution is 7.92. The van der Waals surface area contributed by atoms with Gasteiger partial charge in [-0.25, -0.2) is 13.4 Å². The Balaban J connectivity index is 1.37. The van der Waals surface area contributed by atoms with E-state index in [2.05, 4.69) is 4.72 Å². The van der Waals surface area contributed by atoms with Gasteiger partial charge in [0.25, 0.3) is 10.0 Å². The second-order valence-corrected chi connectivity index (χ2v) is 9.64. The first kappa shape index (κ1) is 19.5. The molecule has 0 aliphatic rings. The number of hydrogen-bond donors (Lipinski definition) is 1. The van der Waals surface area contributed by atoms with E-state index in [9.17, 15) is 8.42 Å². The molecule has 0 aliphatic heterocycles. The van der Waals surface area contributed by atoms with Gasteiger partial charge in [-0.15, -0.1) is 11.3 Å². The van der Waals surface area contributed by atoms with Crippen LogP contribution in [0.15, 0.2) is 107 Å². The molecule has 0 atom stereocenters. The molecule has 0 radical (unpaired) electrons. The Morgan fingerprint density at radius 1 is 0.710 bits per heavy atom. The summed E-state index contributed by atoms with van der Waals surface area (Å²) in [5.74, 6) is 0. The molecule has 0 bridgehead atoms. The quantitative estimate of drug-likeness (QED) is 0.341. The second-order valence-electron chi connectivity index (χ2n) is 7.10. The Bertz CT molecular complexity index is 1460. The fourth-order valence-corrected chi connectivity index (χ4v) is 5.31. The van der Waals surface area contributed by atoms with Gasteiger partial charge in [-0.2, -0.15) is 0 Å². The molecular weight excluding hydrogens is 424 g/mol. The van der Waals surface area contributed by atoms with Crippen LogP contribution in [0.2, 0.25) is 0 Å². The van der Waals surface area contributed by atoms with Crippen molar-refractivity contribution in [3.63, 3.8) is 0 Å². The number of nitrogens with zero attached hydrogens (tertiary/aromatic N) is 1. The van der Waals surface area contributed by atoms with Crippen molar-refractivity contribution in [2.24, 2.45) is 0 Å². The van der Waals surface area contributed by atoms with Crippen LogP contribution in [0.4, 0.5) is 5.69 Å². The van der Waals surface area contributed by atoms with Gasteiger partial charge in [-0.1, -0.05) is 72.8 Å². The zero-order valence-corrected chi connectivity index (χ0v) is 18.0. The number of fused-ring (bicyclic) bond motifs is 1. The van der Waals surface area contributed by atoms with Crippen LogP contribution in [0, 0.1) is 0 Å². The van der Waals surface area contributed by atoms with Crippen LogP contribution >= 0.6 is 11.3 Å². The summed E-state index contributed by atoms with van der Waals surface area (Å²) in [5, 5.41) is 4.86. The number of nitrogens with one attached hydrogen (secondary N) is 1. The van der Waals surface area contributed by atoms with Crippen molar-refractivity contribution in [3.05, 3.63) is 102 Å². The van der Waals surface area contributed by atoms with Crippen LogP contribution in [0.25, 0.3) is 32.6 Å². The van der Waals surface area contributed by atoms with Gasteiger partial charge in [-0.05, 0) is 35.0 Å².